The predicted molar refractivity (Wildman–Crippen MR) is 76.3 cm³/mol. The van der Waals surface area contributed by atoms with Crippen LogP contribution in [0.4, 0.5) is 0 Å². The molecule has 1 aromatic carbocycles. The lowest BCUT2D eigenvalue weighted by Crippen LogP contribution is -2.30. The van der Waals surface area contributed by atoms with Gasteiger partial charge in [0, 0.05) is 23.7 Å². The topological polar surface area (TPSA) is 21.3 Å². The van der Waals surface area contributed by atoms with Crippen molar-refractivity contribution in [2.75, 3.05) is 13.2 Å². The van der Waals surface area contributed by atoms with Crippen LogP contribution in [0, 0.1) is 0 Å². The van der Waals surface area contributed by atoms with Crippen molar-refractivity contribution in [1.82, 2.24) is 5.32 Å². The van der Waals surface area contributed by atoms with E-state index in [9.17, 15) is 0 Å². The number of rotatable bonds is 7. The molecule has 0 saturated heterocycles. The Labute approximate surface area is 113 Å². The van der Waals surface area contributed by atoms with Gasteiger partial charge in [0.25, 0.3) is 0 Å². The molecule has 3 heteroatoms. The van der Waals surface area contributed by atoms with Crippen molar-refractivity contribution in [2.24, 2.45) is 0 Å². The lowest BCUT2D eigenvalue weighted by atomic mass is 10.0. The zero-order valence-corrected chi connectivity index (χ0v) is 12.5. The molecule has 0 aliphatic heterocycles. The van der Waals surface area contributed by atoms with Crippen LogP contribution in [0.1, 0.15) is 38.8 Å². The van der Waals surface area contributed by atoms with Crippen LogP contribution < -0.4 is 5.32 Å². The molecule has 17 heavy (non-hydrogen) atoms. The van der Waals surface area contributed by atoms with Crippen molar-refractivity contribution < 1.29 is 4.74 Å². The molecule has 0 radical (unpaired) electrons. The molecule has 2 atom stereocenters. The van der Waals surface area contributed by atoms with Gasteiger partial charge < -0.3 is 10.1 Å². The van der Waals surface area contributed by atoms with Crippen molar-refractivity contribution in [3.05, 3.63) is 34.3 Å². The molecule has 2 unspecified atom stereocenters. The molecule has 0 heterocycles. The van der Waals surface area contributed by atoms with Crippen molar-refractivity contribution >= 4 is 15.9 Å². The summed E-state index contributed by atoms with van der Waals surface area (Å²) in [6.45, 7) is 8.00. The van der Waals surface area contributed by atoms with E-state index in [1.807, 2.05) is 6.92 Å². The van der Waals surface area contributed by atoms with Gasteiger partial charge in [-0.3, -0.25) is 0 Å². The van der Waals surface area contributed by atoms with E-state index in [1.54, 1.807) is 0 Å². The van der Waals surface area contributed by atoms with E-state index in [4.69, 9.17) is 4.74 Å². The molecular weight excluding hydrogens is 278 g/mol. The maximum Gasteiger partial charge on any atom is 0.0671 e. The number of hydrogen-bond donors (Lipinski definition) is 1. The average Bonchev–Trinajstić information content (AvgIpc) is 2.32. The Morgan fingerprint density at radius 3 is 2.41 bits per heavy atom. The molecule has 0 spiro atoms. The number of nitrogens with one attached hydrogen (secondary N) is 1. The Bertz CT molecular complexity index is 313. The zero-order valence-electron chi connectivity index (χ0n) is 10.9. The molecule has 2 nitrogen and oxygen atoms in total. The van der Waals surface area contributed by atoms with Gasteiger partial charge >= 0.3 is 0 Å². The molecule has 0 aliphatic carbocycles. The average molecular weight is 300 g/mol. The maximum absolute atomic E-state index is 5.52. The Hall–Kier alpha value is -0.380. The summed E-state index contributed by atoms with van der Waals surface area (Å²) in [5.74, 6) is 0. The van der Waals surface area contributed by atoms with E-state index in [-0.39, 0.29) is 6.10 Å². The summed E-state index contributed by atoms with van der Waals surface area (Å²) < 4.78 is 6.65. The first kappa shape index (κ1) is 14.7. The Kier molecular flexibility index (Phi) is 6.78. The third-order valence-corrected chi connectivity index (χ3v) is 3.31. The first-order valence-corrected chi connectivity index (χ1v) is 7.07. The van der Waals surface area contributed by atoms with E-state index in [2.05, 4.69) is 59.4 Å². The van der Waals surface area contributed by atoms with Crippen LogP contribution in [-0.4, -0.2) is 19.3 Å². The van der Waals surface area contributed by atoms with Gasteiger partial charge in [-0.05, 0) is 38.0 Å². The molecule has 0 aliphatic rings. The van der Waals surface area contributed by atoms with Gasteiger partial charge in [-0.15, -0.1) is 0 Å². The second-order valence-corrected chi connectivity index (χ2v) is 5.10. The largest absolute Gasteiger partial charge is 0.377 e. The smallest absolute Gasteiger partial charge is 0.0671 e. The van der Waals surface area contributed by atoms with Crippen molar-refractivity contribution in [3.63, 3.8) is 0 Å². The standard InChI is InChI=1S/C14H22BrNO/c1-4-14(16-10-11(3)17-5-2)12-6-8-13(15)9-7-12/h6-9,11,14,16H,4-5,10H2,1-3H3. The summed E-state index contributed by atoms with van der Waals surface area (Å²) in [5, 5.41) is 3.55. The van der Waals surface area contributed by atoms with Crippen LogP contribution in [0.25, 0.3) is 0 Å². The SMILES string of the molecule is CCOC(C)CNC(CC)c1ccc(Br)cc1. The van der Waals surface area contributed by atoms with Crippen LogP contribution in [0.3, 0.4) is 0 Å². The molecule has 96 valence electrons. The molecule has 0 fully saturated rings. The fourth-order valence-electron chi connectivity index (χ4n) is 1.84. The zero-order chi connectivity index (χ0) is 12.7. The second kappa shape index (κ2) is 7.85. The minimum atomic E-state index is 0.268. The van der Waals surface area contributed by atoms with E-state index in [1.165, 1.54) is 5.56 Å². The monoisotopic (exact) mass is 299 g/mol. The van der Waals surface area contributed by atoms with Gasteiger partial charge in [-0.2, -0.15) is 0 Å². The number of halogens is 1. The summed E-state index contributed by atoms with van der Waals surface area (Å²) in [5.41, 5.74) is 1.33. The van der Waals surface area contributed by atoms with Gasteiger partial charge in [0.15, 0.2) is 0 Å². The third-order valence-electron chi connectivity index (χ3n) is 2.78. The highest BCUT2D eigenvalue weighted by molar-refractivity contribution is 9.10. The molecule has 0 amide bonds. The predicted octanol–water partition coefficient (Wildman–Crippen LogP) is 3.91. The lowest BCUT2D eigenvalue weighted by molar-refractivity contribution is 0.0738. The minimum absolute atomic E-state index is 0.268. The highest BCUT2D eigenvalue weighted by atomic mass is 79.9. The van der Waals surface area contributed by atoms with Crippen molar-refractivity contribution in [2.45, 2.75) is 39.3 Å². The molecular formula is C14H22BrNO. The van der Waals surface area contributed by atoms with E-state index in [0.29, 0.717) is 6.04 Å². The molecule has 1 N–H and O–H groups in total. The van der Waals surface area contributed by atoms with E-state index < -0.39 is 0 Å². The van der Waals surface area contributed by atoms with Crippen molar-refractivity contribution in [3.8, 4) is 0 Å². The molecule has 1 rings (SSSR count). The Morgan fingerprint density at radius 2 is 1.88 bits per heavy atom. The first-order chi connectivity index (χ1) is 8.17. The lowest BCUT2D eigenvalue weighted by Gasteiger charge is -2.20. The quantitative estimate of drug-likeness (QED) is 0.824. The van der Waals surface area contributed by atoms with Crippen LogP contribution >= 0.6 is 15.9 Å². The van der Waals surface area contributed by atoms with Gasteiger partial charge in [0.2, 0.25) is 0 Å². The Balaban J connectivity index is 2.51. The van der Waals surface area contributed by atoms with Gasteiger partial charge in [0.05, 0.1) is 6.10 Å². The third kappa shape index (κ3) is 5.19. The summed E-state index contributed by atoms with van der Waals surface area (Å²) in [7, 11) is 0. The van der Waals surface area contributed by atoms with Gasteiger partial charge in [0.1, 0.15) is 0 Å². The molecule has 0 aromatic heterocycles. The fraction of sp³-hybridized carbons (Fsp3) is 0.571. The highest BCUT2D eigenvalue weighted by Gasteiger charge is 2.10. The molecule has 0 bridgehead atoms. The molecule has 0 saturated carbocycles. The van der Waals surface area contributed by atoms with E-state index in [0.717, 1.165) is 24.0 Å². The van der Waals surface area contributed by atoms with Gasteiger partial charge in [-0.25, -0.2) is 0 Å². The van der Waals surface area contributed by atoms with Crippen LogP contribution in [0.15, 0.2) is 28.7 Å². The summed E-state index contributed by atoms with van der Waals surface area (Å²) in [4.78, 5) is 0. The first-order valence-electron chi connectivity index (χ1n) is 6.27. The summed E-state index contributed by atoms with van der Waals surface area (Å²) in [6, 6.07) is 8.91. The highest BCUT2D eigenvalue weighted by Crippen LogP contribution is 2.19. The number of benzene rings is 1. The fourth-order valence-corrected chi connectivity index (χ4v) is 2.11. The van der Waals surface area contributed by atoms with Crippen LogP contribution in [-0.2, 0) is 4.74 Å². The normalized spacial score (nSPS) is 14.6. The van der Waals surface area contributed by atoms with Crippen LogP contribution in [0.5, 0.6) is 0 Å². The second-order valence-electron chi connectivity index (χ2n) is 4.19. The number of ether oxygens (including phenoxy) is 1. The van der Waals surface area contributed by atoms with E-state index >= 15 is 0 Å². The summed E-state index contributed by atoms with van der Waals surface area (Å²) >= 11 is 3.46. The number of hydrogen-bond acceptors (Lipinski definition) is 2. The van der Waals surface area contributed by atoms with Crippen molar-refractivity contribution in [1.29, 1.82) is 0 Å². The Morgan fingerprint density at radius 1 is 1.24 bits per heavy atom. The summed E-state index contributed by atoms with van der Waals surface area (Å²) in [6.07, 6.45) is 1.35. The maximum atomic E-state index is 5.52. The molecule has 1 aromatic rings. The van der Waals surface area contributed by atoms with Gasteiger partial charge in [-0.1, -0.05) is 35.0 Å². The minimum Gasteiger partial charge on any atom is -0.377 e. The van der Waals surface area contributed by atoms with Crippen LogP contribution in [0.2, 0.25) is 0 Å².